The van der Waals surface area contributed by atoms with E-state index in [2.05, 4.69) is 16.4 Å². The Hall–Kier alpha value is -1.97. The molecule has 1 N–H and O–H groups in total. The SMILES string of the molecule is Cc1ccc2c(c1C)=NC(=O)C(CCNC(=O)CC(C)(C)C)C=2. The van der Waals surface area contributed by atoms with E-state index in [1.165, 1.54) is 0 Å². The van der Waals surface area contributed by atoms with E-state index >= 15 is 0 Å². The van der Waals surface area contributed by atoms with E-state index in [-0.39, 0.29) is 23.1 Å². The van der Waals surface area contributed by atoms with Crippen LogP contribution in [0.25, 0.3) is 6.08 Å². The van der Waals surface area contributed by atoms with Crippen molar-refractivity contribution in [2.75, 3.05) is 6.54 Å². The van der Waals surface area contributed by atoms with Gasteiger partial charge in [0, 0.05) is 13.0 Å². The number of fused-ring (bicyclic) bond motifs is 1. The summed E-state index contributed by atoms with van der Waals surface area (Å²) in [6.45, 7) is 10.6. The molecule has 1 aromatic carbocycles. The minimum absolute atomic E-state index is 0.0273. The molecular formula is C19H26N2O2. The Kier molecular flexibility index (Phi) is 5.03. The van der Waals surface area contributed by atoms with E-state index in [0.717, 1.165) is 21.7 Å². The molecule has 2 rings (SSSR count). The lowest BCUT2D eigenvalue weighted by molar-refractivity contribution is -0.123. The number of nitrogens with zero attached hydrogens (tertiary/aromatic N) is 1. The lowest BCUT2D eigenvalue weighted by Gasteiger charge is -2.18. The van der Waals surface area contributed by atoms with Crippen LogP contribution in [-0.4, -0.2) is 18.4 Å². The Morgan fingerprint density at radius 1 is 1.26 bits per heavy atom. The first-order valence-electron chi connectivity index (χ1n) is 8.15. The second-order valence-corrected chi connectivity index (χ2v) is 7.54. The van der Waals surface area contributed by atoms with Gasteiger partial charge in [0.15, 0.2) is 0 Å². The number of carbonyl (C=O) groups excluding carboxylic acids is 2. The summed E-state index contributed by atoms with van der Waals surface area (Å²) in [6.07, 6.45) is 3.05. The monoisotopic (exact) mass is 314 g/mol. The number of hydrogen-bond acceptors (Lipinski definition) is 2. The molecule has 4 nitrogen and oxygen atoms in total. The number of amides is 2. The van der Waals surface area contributed by atoms with Gasteiger partial charge in [0.25, 0.3) is 5.91 Å². The average Bonchev–Trinajstić information content (AvgIpc) is 2.42. The minimum Gasteiger partial charge on any atom is -0.356 e. The summed E-state index contributed by atoms with van der Waals surface area (Å²) < 4.78 is 0. The van der Waals surface area contributed by atoms with Crippen LogP contribution in [0.15, 0.2) is 17.1 Å². The van der Waals surface area contributed by atoms with E-state index in [4.69, 9.17) is 0 Å². The van der Waals surface area contributed by atoms with Gasteiger partial charge >= 0.3 is 0 Å². The predicted molar refractivity (Wildman–Crippen MR) is 91.4 cm³/mol. The molecule has 4 heteroatoms. The van der Waals surface area contributed by atoms with Gasteiger partial charge in [0.2, 0.25) is 5.91 Å². The Labute approximate surface area is 137 Å². The number of aryl methyl sites for hydroxylation is 1. The Balaban J connectivity index is 2.03. The average molecular weight is 314 g/mol. The molecule has 0 aliphatic carbocycles. The Bertz CT molecular complexity index is 742. The third-order valence-electron chi connectivity index (χ3n) is 4.12. The molecule has 0 saturated heterocycles. The summed E-state index contributed by atoms with van der Waals surface area (Å²) >= 11 is 0. The first-order chi connectivity index (χ1) is 10.7. The second-order valence-electron chi connectivity index (χ2n) is 7.54. The highest BCUT2D eigenvalue weighted by Crippen LogP contribution is 2.18. The first-order valence-corrected chi connectivity index (χ1v) is 8.15. The zero-order chi connectivity index (χ0) is 17.2. The molecule has 0 bridgehead atoms. The maximum Gasteiger partial charge on any atom is 0.253 e. The van der Waals surface area contributed by atoms with Gasteiger partial charge in [-0.15, -0.1) is 0 Å². The topological polar surface area (TPSA) is 58.5 Å². The van der Waals surface area contributed by atoms with E-state index in [1.54, 1.807) is 0 Å². The fraction of sp³-hybridized carbons (Fsp3) is 0.526. The van der Waals surface area contributed by atoms with Crippen LogP contribution >= 0.6 is 0 Å². The van der Waals surface area contributed by atoms with Gasteiger partial charge in [-0.3, -0.25) is 9.59 Å². The van der Waals surface area contributed by atoms with E-state index in [9.17, 15) is 9.59 Å². The number of rotatable bonds is 4. The van der Waals surface area contributed by atoms with Crippen molar-refractivity contribution in [3.63, 3.8) is 0 Å². The fourth-order valence-corrected chi connectivity index (χ4v) is 2.70. The summed E-state index contributed by atoms with van der Waals surface area (Å²) in [5, 5.41) is 4.71. The van der Waals surface area contributed by atoms with Crippen LogP contribution in [0.3, 0.4) is 0 Å². The van der Waals surface area contributed by atoms with Crippen molar-refractivity contribution in [1.29, 1.82) is 0 Å². The molecular weight excluding hydrogens is 288 g/mol. The third kappa shape index (κ3) is 4.50. The highest BCUT2D eigenvalue weighted by Gasteiger charge is 2.20. The van der Waals surface area contributed by atoms with Crippen molar-refractivity contribution >= 4 is 17.9 Å². The highest BCUT2D eigenvalue weighted by atomic mass is 16.2. The molecule has 2 amide bonds. The zero-order valence-electron chi connectivity index (χ0n) is 14.7. The van der Waals surface area contributed by atoms with E-state index < -0.39 is 0 Å². The molecule has 0 saturated carbocycles. The summed E-state index contributed by atoms with van der Waals surface area (Å²) in [6, 6.07) is 4.07. The molecule has 0 spiro atoms. The number of hydrogen-bond donors (Lipinski definition) is 1. The van der Waals surface area contributed by atoms with Crippen molar-refractivity contribution in [3.8, 4) is 0 Å². The molecule has 1 atom stereocenters. The van der Waals surface area contributed by atoms with Crippen molar-refractivity contribution in [3.05, 3.63) is 33.8 Å². The summed E-state index contributed by atoms with van der Waals surface area (Å²) in [5.41, 5.74) is 2.17. The molecule has 0 aromatic heterocycles. The van der Waals surface area contributed by atoms with Gasteiger partial charge in [-0.2, -0.15) is 0 Å². The molecule has 23 heavy (non-hydrogen) atoms. The lowest BCUT2D eigenvalue weighted by Crippen LogP contribution is -2.37. The van der Waals surface area contributed by atoms with E-state index in [0.29, 0.717) is 19.4 Å². The molecule has 1 aliphatic heterocycles. The summed E-state index contributed by atoms with van der Waals surface area (Å²) in [7, 11) is 0. The maximum absolute atomic E-state index is 12.2. The predicted octanol–water partition coefficient (Wildman–Crippen LogP) is 1.80. The van der Waals surface area contributed by atoms with Gasteiger partial charge in [0.05, 0.1) is 11.3 Å². The Morgan fingerprint density at radius 2 is 1.96 bits per heavy atom. The quantitative estimate of drug-likeness (QED) is 0.921. The molecule has 1 unspecified atom stereocenters. The summed E-state index contributed by atoms with van der Waals surface area (Å²) in [5.74, 6) is -0.333. The number of nitrogens with one attached hydrogen (secondary N) is 1. The van der Waals surface area contributed by atoms with Crippen molar-refractivity contribution in [2.45, 2.75) is 47.5 Å². The van der Waals surface area contributed by atoms with Crippen LogP contribution in [-0.2, 0) is 9.59 Å². The van der Waals surface area contributed by atoms with E-state index in [1.807, 2.05) is 46.8 Å². The largest absolute Gasteiger partial charge is 0.356 e. The van der Waals surface area contributed by atoms with Crippen LogP contribution < -0.4 is 15.9 Å². The Morgan fingerprint density at radius 3 is 2.61 bits per heavy atom. The first kappa shape index (κ1) is 17.4. The maximum atomic E-state index is 12.2. The molecule has 1 aliphatic rings. The van der Waals surface area contributed by atoms with Gasteiger partial charge in [-0.05, 0) is 42.0 Å². The summed E-state index contributed by atoms with van der Waals surface area (Å²) in [4.78, 5) is 28.3. The van der Waals surface area contributed by atoms with Crippen LogP contribution in [0.1, 0.15) is 44.7 Å². The van der Waals surface area contributed by atoms with Crippen LogP contribution in [0.2, 0.25) is 0 Å². The van der Waals surface area contributed by atoms with Gasteiger partial charge in [0.1, 0.15) is 0 Å². The fourth-order valence-electron chi connectivity index (χ4n) is 2.70. The number of benzene rings is 1. The van der Waals surface area contributed by atoms with Crippen LogP contribution in [0, 0.1) is 25.2 Å². The molecule has 1 aromatic rings. The second kappa shape index (κ2) is 6.65. The van der Waals surface area contributed by atoms with Crippen molar-refractivity contribution in [2.24, 2.45) is 16.3 Å². The minimum atomic E-state index is -0.250. The lowest BCUT2D eigenvalue weighted by atomic mass is 9.92. The third-order valence-corrected chi connectivity index (χ3v) is 4.12. The van der Waals surface area contributed by atoms with Crippen LogP contribution in [0.4, 0.5) is 0 Å². The number of carbonyl (C=O) groups is 2. The molecule has 1 heterocycles. The van der Waals surface area contributed by atoms with Gasteiger partial charge in [-0.1, -0.05) is 39.0 Å². The van der Waals surface area contributed by atoms with Crippen molar-refractivity contribution in [1.82, 2.24) is 5.32 Å². The normalized spacial score (nSPS) is 17.1. The molecule has 124 valence electrons. The highest BCUT2D eigenvalue weighted by molar-refractivity contribution is 5.86. The standard InChI is InChI=1S/C19H26N2O2/c1-12-6-7-14-10-15(18(23)21-17(14)13(12)2)8-9-20-16(22)11-19(3,4)5/h6-7,10,15H,8-9,11H2,1-5H3,(H,20,22). The zero-order valence-corrected chi connectivity index (χ0v) is 14.7. The molecule has 0 fully saturated rings. The van der Waals surface area contributed by atoms with Crippen LogP contribution in [0.5, 0.6) is 0 Å². The van der Waals surface area contributed by atoms with Crippen molar-refractivity contribution < 1.29 is 9.59 Å². The molecule has 0 radical (unpaired) electrons. The smallest absolute Gasteiger partial charge is 0.253 e. The van der Waals surface area contributed by atoms with Gasteiger partial charge < -0.3 is 5.32 Å². The van der Waals surface area contributed by atoms with Gasteiger partial charge in [-0.25, -0.2) is 4.99 Å².